The third-order valence-electron chi connectivity index (χ3n) is 3.39. The van der Waals surface area contributed by atoms with E-state index in [9.17, 15) is 18.0 Å². The number of alkyl halides is 3. The minimum Gasteiger partial charge on any atom is -0.496 e. The number of para-hydroxylation sites is 1. The number of carbonyl (C=O) groups is 1. The Kier molecular flexibility index (Phi) is 7.15. The second kappa shape index (κ2) is 9.33. The third kappa shape index (κ3) is 6.15. The molecule has 0 radical (unpaired) electrons. The first-order valence-electron chi connectivity index (χ1n) is 7.76. The largest absolute Gasteiger partial charge is 0.496 e. The maximum Gasteiger partial charge on any atom is 0.471 e. The van der Waals surface area contributed by atoms with E-state index in [1.807, 2.05) is 48.5 Å². The predicted octanol–water partition coefficient (Wildman–Crippen LogP) is 4.68. The van der Waals surface area contributed by atoms with Crippen LogP contribution in [0.3, 0.4) is 0 Å². The molecule has 26 heavy (non-hydrogen) atoms. The molecule has 1 amide bonds. The van der Waals surface area contributed by atoms with Crippen LogP contribution in [-0.2, 0) is 10.5 Å². The first kappa shape index (κ1) is 19.9. The number of methoxy groups -OCH3 is 1. The first-order valence-corrected chi connectivity index (χ1v) is 8.75. The van der Waals surface area contributed by atoms with Gasteiger partial charge in [0.1, 0.15) is 5.75 Å². The monoisotopic (exact) mass is 381 g/mol. The number of rotatable bonds is 7. The fourth-order valence-corrected chi connectivity index (χ4v) is 3.09. The van der Waals surface area contributed by atoms with E-state index in [0.29, 0.717) is 0 Å². The number of ether oxygens (including phenoxy) is 1. The average Bonchev–Trinajstić information content (AvgIpc) is 2.63. The molecule has 0 atom stereocenters. The van der Waals surface area contributed by atoms with Crippen molar-refractivity contribution in [3.05, 3.63) is 65.7 Å². The van der Waals surface area contributed by atoms with Crippen LogP contribution in [0, 0.1) is 0 Å². The fraction of sp³-hybridized carbons (Fsp3) is 0.211. The van der Waals surface area contributed by atoms with E-state index in [2.05, 4.69) is 0 Å². The molecule has 0 heterocycles. The maximum atomic E-state index is 12.1. The zero-order valence-electron chi connectivity index (χ0n) is 14.0. The number of thioether (sulfide) groups is 1. The molecule has 0 aliphatic carbocycles. The molecule has 1 N–H and O–H groups in total. The number of carbonyl (C=O) groups excluding carboxylic acids is 1. The molecule has 0 aliphatic rings. The molecule has 7 heteroatoms. The molecule has 0 aromatic heterocycles. The summed E-state index contributed by atoms with van der Waals surface area (Å²) in [4.78, 5) is 11.7. The lowest BCUT2D eigenvalue weighted by atomic mass is 10.2. The molecular weight excluding hydrogens is 363 g/mol. The van der Waals surface area contributed by atoms with Gasteiger partial charge in [0.2, 0.25) is 0 Å². The Morgan fingerprint density at radius 3 is 2.69 bits per heavy atom. The van der Waals surface area contributed by atoms with Gasteiger partial charge in [-0.2, -0.15) is 13.2 Å². The van der Waals surface area contributed by atoms with Gasteiger partial charge in [-0.1, -0.05) is 42.5 Å². The van der Waals surface area contributed by atoms with E-state index in [1.165, 1.54) is 6.08 Å². The lowest BCUT2D eigenvalue weighted by Crippen LogP contribution is -2.36. The summed E-state index contributed by atoms with van der Waals surface area (Å²) in [5, 5.41) is 1.80. The summed E-state index contributed by atoms with van der Waals surface area (Å²) in [5.41, 5.74) is 1.92. The minimum absolute atomic E-state index is 0.184. The molecule has 2 rings (SSSR count). The molecule has 0 fully saturated rings. The maximum absolute atomic E-state index is 12.1. The summed E-state index contributed by atoms with van der Waals surface area (Å²) in [6.07, 6.45) is -1.71. The van der Waals surface area contributed by atoms with Crippen LogP contribution in [0.2, 0.25) is 0 Å². The minimum atomic E-state index is -4.86. The highest BCUT2D eigenvalue weighted by Gasteiger charge is 2.37. The van der Waals surface area contributed by atoms with E-state index < -0.39 is 12.1 Å². The molecule has 3 nitrogen and oxygen atoms in total. The van der Waals surface area contributed by atoms with E-state index >= 15 is 0 Å². The Morgan fingerprint density at radius 2 is 1.96 bits per heavy atom. The number of halogens is 3. The van der Waals surface area contributed by atoms with Gasteiger partial charge in [0.25, 0.3) is 0 Å². The van der Waals surface area contributed by atoms with Crippen molar-refractivity contribution in [2.45, 2.75) is 16.8 Å². The van der Waals surface area contributed by atoms with Gasteiger partial charge in [-0.05, 0) is 23.8 Å². The normalized spacial score (nSPS) is 11.5. The van der Waals surface area contributed by atoms with Gasteiger partial charge >= 0.3 is 12.1 Å². The van der Waals surface area contributed by atoms with E-state index in [-0.39, 0.29) is 6.54 Å². The van der Waals surface area contributed by atoms with Gasteiger partial charge in [0.05, 0.1) is 7.11 Å². The van der Waals surface area contributed by atoms with E-state index in [0.717, 1.165) is 27.5 Å². The summed E-state index contributed by atoms with van der Waals surface area (Å²) in [6, 6.07) is 15.4. The summed E-state index contributed by atoms with van der Waals surface area (Å²) in [7, 11) is 1.63. The van der Waals surface area contributed by atoms with Crippen molar-refractivity contribution in [3.8, 4) is 5.75 Å². The molecule has 2 aromatic carbocycles. The van der Waals surface area contributed by atoms with Gasteiger partial charge < -0.3 is 10.1 Å². The number of hydrogen-bond donors (Lipinski definition) is 1. The summed E-state index contributed by atoms with van der Waals surface area (Å²) in [6.45, 7) is -0.184. The van der Waals surface area contributed by atoms with Gasteiger partial charge in [-0.15, -0.1) is 11.8 Å². The van der Waals surface area contributed by atoms with Crippen molar-refractivity contribution in [1.82, 2.24) is 5.32 Å². The Balaban J connectivity index is 1.91. The highest BCUT2D eigenvalue weighted by Crippen LogP contribution is 2.28. The Hall–Kier alpha value is -2.41. The van der Waals surface area contributed by atoms with Crippen LogP contribution in [0.1, 0.15) is 11.1 Å². The molecule has 0 saturated heterocycles. The summed E-state index contributed by atoms with van der Waals surface area (Å²) in [5.74, 6) is -0.376. The zero-order valence-corrected chi connectivity index (χ0v) is 14.9. The molecule has 0 bridgehead atoms. The second-order valence-corrected chi connectivity index (χ2v) is 6.33. The van der Waals surface area contributed by atoms with Gasteiger partial charge in [-0.3, -0.25) is 4.79 Å². The SMILES string of the molecule is COc1ccccc1CSc1cccc(C=CCNC(=O)C(F)(F)F)c1. The fourth-order valence-electron chi connectivity index (χ4n) is 2.14. The van der Waals surface area contributed by atoms with Crippen LogP contribution in [-0.4, -0.2) is 25.7 Å². The highest BCUT2D eigenvalue weighted by atomic mass is 32.2. The van der Waals surface area contributed by atoms with Crippen molar-refractivity contribution in [1.29, 1.82) is 0 Å². The van der Waals surface area contributed by atoms with Crippen molar-refractivity contribution in [2.24, 2.45) is 0 Å². The van der Waals surface area contributed by atoms with E-state index in [1.54, 1.807) is 30.3 Å². The van der Waals surface area contributed by atoms with Crippen molar-refractivity contribution < 1.29 is 22.7 Å². The smallest absolute Gasteiger partial charge is 0.471 e. The van der Waals surface area contributed by atoms with Crippen LogP contribution < -0.4 is 10.1 Å². The predicted molar refractivity (Wildman–Crippen MR) is 97.1 cm³/mol. The number of hydrogen-bond acceptors (Lipinski definition) is 3. The topological polar surface area (TPSA) is 38.3 Å². The Labute approximate surface area is 154 Å². The van der Waals surface area contributed by atoms with Crippen LogP contribution >= 0.6 is 11.8 Å². The van der Waals surface area contributed by atoms with Crippen LogP contribution in [0.5, 0.6) is 5.75 Å². The average molecular weight is 381 g/mol. The second-order valence-electron chi connectivity index (χ2n) is 5.28. The van der Waals surface area contributed by atoms with Crippen molar-refractivity contribution >= 4 is 23.7 Å². The van der Waals surface area contributed by atoms with Gasteiger partial charge in [-0.25, -0.2) is 0 Å². The molecule has 0 spiro atoms. The van der Waals surface area contributed by atoms with Crippen molar-refractivity contribution in [2.75, 3.05) is 13.7 Å². The highest BCUT2D eigenvalue weighted by molar-refractivity contribution is 7.98. The molecule has 0 aliphatic heterocycles. The number of benzene rings is 2. The van der Waals surface area contributed by atoms with Crippen molar-refractivity contribution in [3.63, 3.8) is 0 Å². The quantitative estimate of drug-likeness (QED) is 0.708. The van der Waals surface area contributed by atoms with Crippen LogP contribution in [0.25, 0.3) is 6.08 Å². The molecular formula is C19H18F3NO2S. The van der Waals surface area contributed by atoms with Crippen LogP contribution in [0.4, 0.5) is 13.2 Å². The Bertz CT molecular complexity index is 775. The third-order valence-corrected chi connectivity index (χ3v) is 4.44. The number of nitrogens with one attached hydrogen (secondary N) is 1. The van der Waals surface area contributed by atoms with E-state index in [4.69, 9.17) is 4.74 Å². The Morgan fingerprint density at radius 1 is 1.19 bits per heavy atom. The lowest BCUT2D eigenvalue weighted by Gasteiger charge is -2.08. The molecule has 0 unspecified atom stereocenters. The molecule has 0 saturated carbocycles. The molecule has 138 valence electrons. The van der Waals surface area contributed by atoms with Gasteiger partial charge in [0, 0.05) is 22.8 Å². The van der Waals surface area contributed by atoms with Crippen LogP contribution in [0.15, 0.2) is 59.5 Å². The summed E-state index contributed by atoms with van der Waals surface area (Å²) < 4.78 is 41.6. The first-order chi connectivity index (χ1) is 12.4. The lowest BCUT2D eigenvalue weighted by molar-refractivity contribution is -0.173. The summed E-state index contributed by atoms with van der Waals surface area (Å²) >= 11 is 1.63. The number of amides is 1. The van der Waals surface area contributed by atoms with Gasteiger partial charge in [0.15, 0.2) is 0 Å². The standard InChI is InChI=1S/C19H18F3NO2S/c1-25-17-10-3-2-8-15(17)13-26-16-9-4-6-14(12-16)7-5-11-23-18(24)19(20,21)22/h2-10,12H,11,13H2,1H3,(H,23,24). The molecule has 2 aromatic rings. The zero-order chi connectivity index (χ0) is 19.0.